The number of aromatic nitrogens is 1. The predicted molar refractivity (Wildman–Crippen MR) is 216 cm³/mol. The second kappa shape index (κ2) is 18.9. The van der Waals surface area contributed by atoms with Gasteiger partial charge in [0.05, 0.1) is 5.75 Å². The number of nitrogens with zero attached hydrogens (tertiary/aromatic N) is 4. The summed E-state index contributed by atoms with van der Waals surface area (Å²) in [6.07, 6.45) is 20.5. The lowest BCUT2D eigenvalue weighted by molar-refractivity contribution is -0.704. The lowest BCUT2D eigenvalue weighted by atomic mass is 10.1. The van der Waals surface area contributed by atoms with E-state index < -0.39 is 0 Å². The average molecular weight is 678 g/mol. The van der Waals surface area contributed by atoms with E-state index in [2.05, 4.69) is 145 Å². The van der Waals surface area contributed by atoms with E-state index in [4.69, 9.17) is 4.99 Å². The molecule has 4 nitrogen and oxygen atoms in total. The van der Waals surface area contributed by atoms with Crippen molar-refractivity contribution in [1.82, 2.24) is 0 Å². The number of pyridine rings is 1. The highest BCUT2D eigenvalue weighted by molar-refractivity contribution is 8.76. The summed E-state index contributed by atoms with van der Waals surface area (Å²) in [6, 6.07) is 22.5. The van der Waals surface area contributed by atoms with Gasteiger partial charge >= 0.3 is 0 Å². The Kier molecular flexibility index (Phi) is 14.1. The molecular formula is C42H53N4S2+. The van der Waals surface area contributed by atoms with Crippen LogP contribution in [0.4, 0.5) is 11.4 Å². The predicted octanol–water partition coefficient (Wildman–Crippen LogP) is 10.0. The van der Waals surface area contributed by atoms with E-state index in [1.165, 1.54) is 96.9 Å². The van der Waals surface area contributed by atoms with Crippen LogP contribution >= 0.6 is 21.6 Å². The summed E-state index contributed by atoms with van der Waals surface area (Å²) < 4.78 is 2.43. The van der Waals surface area contributed by atoms with Gasteiger partial charge in [-0.15, -0.1) is 0 Å². The van der Waals surface area contributed by atoms with Gasteiger partial charge in [-0.2, -0.15) is 4.57 Å². The number of hydrogen-bond acceptors (Lipinski definition) is 5. The molecule has 2 fully saturated rings. The van der Waals surface area contributed by atoms with Crippen molar-refractivity contribution in [3.8, 4) is 0 Å². The van der Waals surface area contributed by atoms with Crippen LogP contribution in [0.25, 0.3) is 18.2 Å². The van der Waals surface area contributed by atoms with Crippen molar-refractivity contribution in [3.05, 3.63) is 119 Å². The zero-order valence-corrected chi connectivity index (χ0v) is 31.0. The molecule has 0 N–H and O–H groups in total. The lowest BCUT2D eigenvalue weighted by Crippen LogP contribution is -2.41. The van der Waals surface area contributed by atoms with Crippen LogP contribution in [0, 0.1) is 13.8 Å². The fraction of sp³-hybridized carbons (Fsp3) is 0.381. The third kappa shape index (κ3) is 11.0. The fourth-order valence-corrected chi connectivity index (χ4v) is 8.28. The van der Waals surface area contributed by atoms with Crippen molar-refractivity contribution in [2.45, 2.75) is 59.9 Å². The molecule has 252 valence electrons. The summed E-state index contributed by atoms with van der Waals surface area (Å²) in [5, 5.41) is 0. The Bertz CT molecular complexity index is 1580. The average Bonchev–Trinajstić information content (AvgIpc) is 3.83. The molecule has 3 heterocycles. The van der Waals surface area contributed by atoms with Gasteiger partial charge in [-0.05, 0) is 92.1 Å². The zero-order valence-electron chi connectivity index (χ0n) is 29.4. The number of aliphatic imine (C=N–C) groups is 1. The van der Waals surface area contributed by atoms with Gasteiger partial charge in [-0.1, -0.05) is 82.3 Å². The van der Waals surface area contributed by atoms with E-state index >= 15 is 0 Å². The first-order valence-electron chi connectivity index (χ1n) is 17.7. The molecule has 2 aliphatic rings. The smallest absolute Gasteiger partial charge is 0.179 e. The monoisotopic (exact) mass is 677 g/mol. The van der Waals surface area contributed by atoms with Crippen LogP contribution in [0.15, 0.2) is 95.5 Å². The van der Waals surface area contributed by atoms with Crippen LogP contribution in [0.1, 0.15) is 67.6 Å². The van der Waals surface area contributed by atoms with Crippen LogP contribution in [-0.2, 0) is 6.54 Å². The molecule has 0 atom stereocenters. The maximum atomic E-state index is 4.83. The quantitative estimate of drug-likeness (QED) is 0.0525. The van der Waals surface area contributed by atoms with Gasteiger partial charge in [0.15, 0.2) is 17.9 Å². The van der Waals surface area contributed by atoms with E-state index in [0.717, 1.165) is 30.3 Å². The summed E-state index contributed by atoms with van der Waals surface area (Å²) >= 11 is 0. The van der Waals surface area contributed by atoms with E-state index in [0.29, 0.717) is 0 Å². The Labute approximate surface area is 297 Å². The highest BCUT2D eigenvalue weighted by Crippen LogP contribution is 2.23. The molecule has 5 rings (SSSR count). The van der Waals surface area contributed by atoms with Crippen LogP contribution in [0.5, 0.6) is 0 Å². The third-order valence-corrected chi connectivity index (χ3v) is 11.4. The standard InChI is InChI=1S/C42H53N4S2/c1-5-10-39(13-11-37-15-19-41(20-16-37)44-24-6-7-25-44)31-34(2)43-23-29-47-48-30-28-46-35(3)32-40(33-36(46)4)14-12-38-17-21-42(22-18-38)45-26-8-9-27-45/h5,10-22,31-33H,6-9,23-30H2,1-4H3/q+1/b10-5+,13-11+,39-31+,43-34?. The van der Waals surface area contributed by atoms with Gasteiger partial charge in [0, 0.05) is 81.5 Å². The summed E-state index contributed by atoms with van der Waals surface area (Å²) in [4.78, 5) is 9.79. The maximum absolute atomic E-state index is 4.83. The largest absolute Gasteiger partial charge is 0.372 e. The molecule has 0 saturated carbocycles. The highest BCUT2D eigenvalue weighted by atomic mass is 33.1. The van der Waals surface area contributed by atoms with E-state index in [-0.39, 0.29) is 0 Å². The molecule has 0 amide bonds. The Morgan fingerprint density at radius 2 is 1.23 bits per heavy atom. The fourth-order valence-electron chi connectivity index (χ4n) is 6.47. The minimum atomic E-state index is 0.831. The van der Waals surface area contributed by atoms with E-state index in [9.17, 15) is 0 Å². The topological polar surface area (TPSA) is 22.7 Å². The number of benzene rings is 2. The van der Waals surface area contributed by atoms with E-state index in [1.54, 1.807) is 0 Å². The van der Waals surface area contributed by atoms with Gasteiger partial charge in [-0.25, -0.2) is 0 Å². The number of hydrogen-bond donors (Lipinski definition) is 0. The molecular weight excluding hydrogens is 625 g/mol. The van der Waals surface area contributed by atoms with Crippen molar-refractivity contribution in [2.75, 3.05) is 54.0 Å². The molecule has 2 saturated heterocycles. The second-order valence-electron chi connectivity index (χ2n) is 12.8. The minimum absolute atomic E-state index is 0.831. The third-order valence-electron chi connectivity index (χ3n) is 9.02. The van der Waals surface area contributed by atoms with Gasteiger partial charge < -0.3 is 9.80 Å². The van der Waals surface area contributed by atoms with E-state index in [1.807, 2.05) is 21.6 Å². The molecule has 6 heteroatoms. The van der Waals surface area contributed by atoms with Gasteiger partial charge in [0.25, 0.3) is 0 Å². The Morgan fingerprint density at radius 3 is 1.79 bits per heavy atom. The first kappa shape index (κ1) is 35.8. The minimum Gasteiger partial charge on any atom is -0.372 e. The SMILES string of the molecule is C/C=C/C(/C=C/c1ccc(N2CCCC2)cc1)=C\C(C)=NCCSSCC[n+]1c(C)cc(/C=C/c2ccc(N3CCCC3)cc2)cc1C. The van der Waals surface area contributed by atoms with Crippen molar-refractivity contribution in [2.24, 2.45) is 4.99 Å². The normalized spacial score (nSPS) is 16.1. The molecule has 0 bridgehead atoms. The highest BCUT2D eigenvalue weighted by Gasteiger charge is 2.14. The molecule has 0 aliphatic carbocycles. The van der Waals surface area contributed by atoms with Crippen LogP contribution in [0.3, 0.4) is 0 Å². The summed E-state index contributed by atoms with van der Waals surface area (Å²) in [7, 11) is 3.86. The first-order valence-corrected chi connectivity index (χ1v) is 20.1. The molecule has 3 aromatic rings. The number of anilines is 2. The Balaban J connectivity index is 1.03. The summed E-state index contributed by atoms with van der Waals surface area (Å²) in [6.45, 7) is 15.2. The molecule has 48 heavy (non-hydrogen) atoms. The van der Waals surface area contributed by atoms with Crippen molar-refractivity contribution in [1.29, 1.82) is 0 Å². The second-order valence-corrected chi connectivity index (χ2v) is 15.5. The van der Waals surface area contributed by atoms with Gasteiger partial charge in [0.1, 0.15) is 0 Å². The summed E-state index contributed by atoms with van der Waals surface area (Å²) in [5.41, 5.74) is 11.3. The Morgan fingerprint density at radius 1 is 0.708 bits per heavy atom. The molecule has 2 aromatic carbocycles. The Hall–Kier alpha value is -3.48. The van der Waals surface area contributed by atoms with Crippen LogP contribution in [-0.4, -0.2) is 49.9 Å². The summed E-state index contributed by atoms with van der Waals surface area (Å²) in [5.74, 6) is 2.09. The van der Waals surface area contributed by atoms with Crippen LogP contribution in [0.2, 0.25) is 0 Å². The molecule has 1 aromatic heterocycles. The van der Waals surface area contributed by atoms with Crippen LogP contribution < -0.4 is 14.4 Å². The number of rotatable bonds is 15. The molecule has 0 radical (unpaired) electrons. The first-order chi connectivity index (χ1) is 23.5. The van der Waals surface area contributed by atoms with Crippen molar-refractivity contribution < 1.29 is 4.57 Å². The zero-order chi connectivity index (χ0) is 33.6. The lowest BCUT2D eigenvalue weighted by Gasteiger charge is -2.17. The number of allylic oxidation sites excluding steroid dienone is 5. The van der Waals surface area contributed by atoms with Crippen molar-refractivity contribution >= 4 is 56.9 Å². The number of aryl methyl sites for hydroxylation is 2. The van der Waals surface area contributed by atoms with Crippen molar-refractivity contribution in [3.63, 3.8) is 0 Å². The molecule has 0 spiro atoms. The maximum Gasteiger partial charge on any atom is 0.179 e. The van der Waals surface area contributed by atoms with Gasteiger partial charge in [-0.3, -0.25) is 4.99 Å². The van der Waals surface area contributed by atoms with Gasteiger partial charge in [0.2, 0.25) is 0 Å². The molecule has 0 unspecified atom stereocenters. The molecule has 2 aliphatic heterocycles.